The number of imidazole rings is 1. The minimum atomic E-state index is -1.65. The molecule has 24 heavy (non-hydrogen) atoms. The lowest BCUT2D eigenvalue weighted by molar-refractivity contribution is 0.102. The molecule has 0 aliphatic heterocycles. The predicted molar refractivity (Wildman–Crippen MR) is 80.8 cm³/mol. The SMILES string of the molecule is COc1cccn2c(C(=O)Nc3ccc(F)c(F)c3F)c(C)nc12. The molecule has 5 nitrogen and oxygen atoms in total. The standard InChI is InChI=1S/C16H12F3N3O2/c1-8-14(22-7-3-4-11(24-2)15(22)20-8)16(23)21-10-6-5-9(17)12(18)13(10)19/h3-7H,1-2H3,(H,21,23). The number of amides is 1. The second-order valence-electron chi connectivity index (χ2n) is 4.99. The zero-order valence-electron chi connectivity index (χ0n) is 12.7. The van der Waals surface area contributed by atoms with Crippen LogP contribution in [0.4, 0.5) is 18.9 Å². The average molecular weight is 335 g/mol. The highest BCUT2D eigenvalue weighted by Crippen LogP contribution is 2.24. The van der Waals surface area contributed by atoms with Crippen LogP contribution in [-0.4, -0.2) is 22.4 Å². The topological polar surface area (TPSA) is 55.6 Å². The summed E-state index contributed by atoms with van der Waals surface area (Å²) in [6.07, 6.45) is 1.59. The number of anilines is 1. The van der Waals surface area contributed by atoms with E-state index in [1.807, 2.05) is 0 Å². The van der Waals surface area contributed by atoms with Gasteiger partial charge in [0.2, 0.25) is 0 Å². The quantitative estimate of drug-likeness (QED) is 0.747. The number of pyridine rings is 1. The summed E-state index contributed by atoms with van der Waals surface area (Å²) >= 11 is 0. The maximum absolute atomic E-state index is 13.7. The number of methoxy groups -OCH3 is 1. The maximum atomic E-state index is 13.7. The van der Waals surface area contributed by atoms with Gasteiger partial charge in [0.05, 0.1) is 18.5 Å². The van der Waals surface area contributed by atoms with Gasteiger partial charge in [-0.05, 0) is 31.2 Å². The first-order valence-corrected chi connectivity index (χ1v) is 6.90. The van der Waals surface area contributed by atoms with Crippen LogP contribution in [0.5, 0.6) is 5.75 Å². The number of hydrogen-bond acceptors (Lipinski definition) is 3. The Morgan fingerprint density at radius 1 is 1.21 bits per heavy atom. The highest BCUT2D eigenvalue weighted by Gasteiger charge is 2.21. The van der Waals surface area contributed by atoms with Crippen molar-refractivity contribution in [3.63, 3.8) is 0 Å². The van der Waals surface area contributed by atoms with E-state index < -0.39 is 29.0 Å². The molecule has 0 unspecified atom stereocenters. The molecular weight excluding hydrogens is 323 g/mol. The molecule has 2 heterocycles. The van der Waals surface area contributed by atoms with Crippen molar-refractivity contribution in [2.75, 3.05) is 12.4 Å². The van der Waals surface area contributed by atoms with Crippen LogP contribution in [0.15, 0.2) is 30.5 Å². The maximum Gasteiger partial charge on any atom is 0.274 e. The smallest absolute Gasteiger partial charge is 0.274 e. The van der Waals surface area contributed by atoms with Gasteiger partial charge < -0.3 is 10.1 Å². The first-order chi connectivity index (χ1) is 11.4. The van der Waals surface area contributed by atoms with Gasteiger partial charge in [0, 0.05) is 6.20 Å². The van der Waals surface area contributed by atoms with Crippen molar-refractivity contribution in [1.82, 2.24) is 9.38 Å². The number of aryl methyl sites for hydroxylation is 1. The van der Waals surface area contributed by atoms with Crippen LogP contribution in [0.2, 0.25) is 0 Å². The number of carbonyl (C=O) groups is 1. The number of nitrogens with one attached hydrogen (secondary N) is 1. The lowest BCUT2D eigenvalue weighted by Gasteiger charge is -2.08. The molecule has 0 radical (unpaired) electrons. The van der Waals surface area contributed by atoms with Gasteiger partial charge >= 0.3 is 0 Å². The average Bonchev–Trinajstić information content (AvgIpc) is 2.91. The molecule has 1 N–H and O–H groups in total. The number of carbonyl (C=O) groups excluding carboxylic acids is 1. The summed E-state index contributed by atoms with van der Waals surface area (Å²) < 4.78 is 46.6. The van der Waals surface area contributed by atoms with Crippen LogP contribution in [0.1, 0.15) is 16.2 Å². The first-order valence-electron chi connectivity index (χ1n) is 6.90. The number of rotatable bonds is 3. The van der Waals surface area contributed by atoms with Crippen LogP contribution < -0.4 is 10.1 Å². The van der Waals surface area contributed by atoms with Crippen molar-refractivity contribution < 1.29 is 22.7 Å². The van der Waals surface area contributed by atoms with E-state index in [2.05, 4.69) is 10.3 Å². The Morgan fingerprint density at radius 2 is 1.96 bits per heavy atom. The zero-order chi connectivity index (χ0) is 17.4. The van der Waals surface area contributed by atoms with E-state index in [0.29, 0.717) is 17.1 Å². The van der Waals surface area contributed by atoms with Gasteiger partial charge in [0.1, 0.15) is 5.69 Å². The Kier molecular flexibility index (Phi) is 3.88. The van der Waals surface area contributed by atoms with E-state index in [-0.39, 0.29) is 5.69 Å². The van der Waals surface area contributed by atoms with E-state index in [0.717, 1.165) is 12.1 Å². The molecule has 0 bridgehead atoms. The van der Waals surface area contributed by atoms with Crippen LogP contribution in [0.25, 0.3) is 5.65 Å². The number of nitrogens with zero attached hydrogens (tertiary/aromatic N) is 2. The molecule has 0 atom stereocenters. The summed E-state index contributed by atoms with van der Waals surface area (Å²) in [6.45, 7) is 1.60. The van der Waals surface area contributed by atoms with Crippen molar-refractivity contribution in [1.29, 1.82) is 0 Å². The van der Waals surface area contributed by atoms with Crippen molar-refractivity contribution in [3.8, 4) is 5.75 Å². The minimum Gasteiger partial charge on any atom is -0.493 e. The van der Waals surface area contributed by atoms with E-state index in [1.165, 1.54) is 11.5 Å². The third-order valence-electron chi connectivity index (χ3n) is 3.51. The number of ether oxygens (including phenoxy) is 1. The Hall–Kier alpha value is -3.03. The van der Waals surface area contributed by atoms with Crippen LogP contribution in [0.3, 0.4) is 0 Å². The molecule has 0 spiro atoms. The molecule has 1 aromatic carbocycles. The fourth-order valence-corrected chi connectivity index (χ4v) is 2.39. The third kappa shape index (κ3) is 2.45. The van der Waals surface area contributed by atoms with E-state index in [4.69, 9.17) is 4.74 Å². The summed E-state index contributed by atoms with van der Waals surface area (Å²) in [5, 5.41) is 2.23. The fourth-order valence-electron chi connectivity index (χ4n) is 2.39. The molecule has 3 rings (SSSR count). The number of hydrogen-bond donors (Lipinski definition) is 1. The zero-order valence-corrected chi connectivity index (χ0v) is 12.7. The third-order valence-corrected chi connectivity index (χ3v) is 3.51. The monoisotopic (exact) mass is 335 g/mol. The first kappa shape index (κ1) is 15.9. The molecule has 0 aliphatic rings. The van der Waals surface area contributed by atoms with Crippen LogP contribution in [0, 0.1) is 24.4 Å². The number of benzene rings is 1. The van der Waals surface area contributed by atoms with E-state index >= 15 is 0 Å². The predicted octanol–water partition coefficient (Wildman–Crippen LogP) is 3.32. The van der Waals surface area contributed by atoms with Crippen molar-refractivity contribution in [2.45, 2.75) is 6.92 Å². The molecule has 1 amide bonds. The normalized spacial score (nSPS) is 10.9. The molecular formula is C16H12F3N3O2. The van der Waals surface area contributed by atoms with Gasteiger partial charge in [-0.15, -0.1) is 0 Å². The van der Waals surface area contributed by atoms with Crippen LogP contribution >= 0.6 is 0 Å². The summed E-state index contributed by atoms with van der Waals surface area (Å²) in [5.41, 5.74) is 0.456. The van der Waals surface area contributed by atoms with Crippen molar-refractivity contribution in [2.24, 2.45) is 0 Å². The summed E-state index contributed by atoms with van der Waals surface area (Å²) in [5.74, 6) is -4.70. The van der Waals surface area contributed by atoms with Crippen LogP contribution in [-0.2, 0) is 0 Å². The molecule has 8 heteroatoms. The second-order valence-corrected chi connectivity index (χ2v) is 4.99. The molecule has 0 saturated carbocycles. The summed E-state index contributed by atoms with van der Waals surface area (Å²) in [6, 6.07) is 5.02. The Bertz CT molecular complexity index is 953. The summed E-state index contributed by atoms with van der Waals surface area (Å²) in [7, 11) is 1.47. The van der Waals surface area contributed by atoms with Crippen molar-refractivity contribution in [3.05, 3.63) is 59.3 Å². The Morgan fingerprint density at radius 3 is 2.67 bits per heavy atom. The fraction of sp³-hybridized carbons (Fsp3) is 0.125. The lowest BCUT2D eigenvalue weighted by atomic mass is 10.2. The molecule has 3 aromatic rings. The largest absolute Gasteiger partial charge is 0.493 e. The van der Waals surface area contributed by atoms with E-state index in [9.17, 15) is 18.0 Å². The number of aromatic nitrogens is 2. The second kappa shape index (κ2) is 5.88. The molecule has 124 valence electrons. The summed E-state index contributed by atoms with van der Waals surface area (Å²) in [4.78, 5) is 16.7. The lowest BCUT2D eigenvalue weighted by Crippen LogP contribution is -2.17. The van der Waals surface area contributed by atoms with Crippen molar-refractivity contribution >= 4 is 17.2 Å². The Balaban J connectivity index is 2.04. The van der Waals surface area contributed by atoms with Gasteiger partial charge in [-0.1, -0.05) is 0 Å². The van der Waals surface area contributed by atoms with E-state index in [1.54, 1.807) is 25.3 Å². The van der Waals surface area contributed by atoms with Gasteiger partial charge in [0.25, 0.3) is 5.91 Å². The molecule has 0 aliphatic carbocycles. The van der Waals surface area contributed by atoms with Gasteiger partial charge in [-0.2, -0.15) is 0 Å². The van der Waals surface area contributed by atoms with Gasteiger partial charge in [-0.3, -0.25) is 9.20 Å². The highest BCUT2D eigenvalue weighted by molar-refractivity contribution is 6.04. The molecule has 0 saturated heterocycles. The van der Waals surface area contributed by atoms with Gasteiger partial charge in [-0.25, -0.2) is 18.2 Å². The minimum absolute atomic E-state index is 0.132. The van der Waals surface area contributed by atoms with Gasteiger partial charge in [0.15, 0.2) is 28.8 Å². The molecule has 2 aromatic heterocycles. The Labute approximate surface area is 134 Å². The highest BCUT2D eigenvalue weighted by atomic mass is 19.2. The number of fused-ring (bicyclic) bond motifs is 1. The molecule has 0 fully saturated rings. The number of halogens is 3.